The summed E-state index contributed by atoms with van der Waals surface area (Å²) in [4.78, 5) is 24.0. The number of benzene rings is 2. The van der Waals surface area contributed by atoms with Crippen molar-refractivity contribution in [2.75, 3.05) is 0 Å². The lowest BCUT2D eigenvalue weighted by atomic mass is 10.0. The van der Waals surface area contributed by atoms with Crippen LogP contribution in [-0.4, -0.2) is 15.6 Å². The average molecular weight is 375 g/mol. The Kier molecular flexibility index (Phi) is 4.38. The standard InChI is InChI=1S/C22H17NO3S/c1-23-13-14(8-9-20(23)24)10-18-12-16-5-3-7-19(21(16)27-18)15-4-2-6-17(11-15)22(25)26/h2-9,11-13H,10H2,1H3,(H,25,26). The van der Waals surface area contributed by atoms with Gasteiger partial charge in [0.2, 0.25) is 5.56 Å². The fraction of sp³-hybridized carbons (Fsp3) is 0.0909. The molecule has 4 aromatic rings. The van der Waals surface area contributed by atoms with E-state index in [0.717, 1.165) is 33.2 Å². The van der Waals surface area contributed by atoms with Crippen molar-refractivity contribution in [3.05, 3.63) is 93.2 Å². The summed E-state index contributed by atoms with van der Waals surface area (Å²) in [5.74, 6) is -0.925. The first-order chi connectivity index (χ1) is 13.0. The van der Waals surface area contributed by atoms with E-state index in [9.17, 15) is 14.7 Å². The molecule has 0 radical (unpaired) electrons. The number of aromatic nitrogens is 1. The Bertz CT molecular complexity index is 1220. The molecule has 4 nitrogen and oxygen atoms in total. The zero-order valence-corrected chi connectivity index (χ0v) is 15.5. The van der Waals surface area contributed by atoms with E-state index in [1.165, 1.54) is 4.88 Å². The molecule has 0 bridgehead atoms. The molecule has 0 saturated heterocycles. The Labute approximate surface area is 160 Å². The topological polar surface area (TPSA) is 59.3 Å². The number of nitrogens with zero attached hydrogens (tertiary/aromatic N) is 1. The quantitative estimate of drug-likeness (QED) is 0.569. The molecule has 2 aromatic carbocycles. The first-order valence-corrected chi connectivity index (χ1v) is 9.33. The number of carboxylic acid groups (broad SMARTS) is 1. The van der Waals surface area contributed by atoms with E-state index >= 15 is 0 Å². The molecule has 0 amide bonds. The second kappa shape index (κ2) is 6.85. The average Bonchev–Trinajstić information content (AvgIpc) is 3.07. The Morgan fingerprint density at radius 2 is 1.89 bits per heavy atom. The zero-order chi connectivity index (χ0) is 19.0. The minimum absolute atomic E-state index is 0.0179. The molecule has 5 heteroatoms. The van der Waals surface area contributed by atoms with Crippen molar-refractivity contribution in [2.45, 2.75) is 6.42 Å². The van der Waals surface area contributed by atoms with Crippen molar-refractivity contribution in [2.24, 2.45) is 7.05 Å². The summed E-state index contributed by atoms with van der Waals surface area (Å²) in [7, 11) is 1.75. The third-order valence-electron chi connectivity index (χ3n) is 4.54. The maximum absolute atomic E-state index is 11.6. The molecule has 0 aliphatic heterocycles. The van der Waals surface area contributed by atoms with Crippen molar-refractivity contribution in [1.82, 2.24) is 4.57 Å². The summed E-state index contributed by atoms with van der Waals surface area (Å²) < 4.78 is 2.73. The van der Waals surface area contributed by atoms with Crippen LogP contribution in [0.3, 0.4) is 0 Å². The van der Waals surface area contributed by atoms with Crippen molar-refractivity contribution >= 4 is 27.4 Å². The van der Waals surface area contributed by atoms with Gasteiger partial charge in [-0.3, -0.25) is 4.79 Å². The van der Waals surface area contributed by atoms with Gasteiger partial charge in [0.15, 0.2) is 0 Å². The number of hydrogen-bond donors (Lipinski definition) is 1. The van der Waals surface area contributed by atoms with Crippen LogP contribution in [0.15, 0.2) is 71.7 Å². The smallest absolute Gasteiger partial charge is 0.335 e. The number of aryl methyl sites for hydroxylation is 1. The zero-order valence-electron chi connectivity index (χ0n) is 14.7. The predicted molar refractivity (Wildman–Crippen MR) is 109 cm³/mol. The summed E-state index contributed by atoms with van der Waals surface area (Å²) in [6, 6.07) is 18.7. The number of carbonyl (C=O) groups is 1. The van der Waals surface area contributed by atoms with Crippen molar-refractivity contribution < 1.29 is 9.90 Å². The highest BCUT2D eigenvalue weighted by atomic mass is 32.1. The van der Waals surface area contributed by atoms with Crippen molar-refractivity contribution in [3.8, 4) is 11.1 Å². The molecule has 0 aliphatic carbocycles. The second-order valence-electron chi connectivity index (χ2n) is 6.49. The third-order valence-corrected chi connectivity index (χ3v) is 5.73. The number of rotatable bonds is 4. The number of thiophene rings is 1. The van der Waals surface area contributed by atoms with Gasteiger partial charge < -0.3 is 9.67 Å². The molecule has 0 spiro atoms. The van der Waals surface area contributed by atoms with Crippen LogP contribution in [0.25, 0.3) is 21.2 Å². The van der Waals surface area contributed by atoms with E-state index < -0.39 is 5.97 Å². The lowest BCUT2D eigenvalue weighted by molar-refractivity contribution is 0.0697. The molecule has 27 heavy (non-hydrogen) atoms. The monoisotopic (exact) mass is 375 g/mol. The van der Waals surface area contributed by atoms with E-state index in [2.05, 4.69) is 12.1 Å². The molecule has 0 fully saturated rings. The molecular formula is C22H17NO3S. The summed E-state index contributed by atoms with van der Waals surface area (Å²) in [5.41, 5.74) is 3.28. The van der Waals surface area contributed by atoms with Gasteiger partial charge in [-0.15, -0.1) is 11.3 Å². The van der Waals surface area contributed by atoms with Gasteiger partial charge in [-0.1, -0.05) is 36.4 Å². The first-order valence-electron chi connectivity index (χ1n) is 8.52. The minimum atomic E-state index is -0.925. The van der Waals surface area contributed by atoms with Gasteiger partial charge in [0.1, 0.15) is 0 Å². The van der Waals surface area contributed by atoms with Crippen LogP contribution >= 0.6 is 11.3 Å². The molecule has 2 aromatic heterocycles. The van der Waals surface area contributed by atoms with Gasteiger partial charge in [0, 0.05) is 35.3 Å². The van der Waals surface area contributed by atoms with Crippen LogP contribution in [0, 0.1) is 0 Å². The highest BCUT2D eigenvalue weighted by molar-refractivity contribution is 7.19. The Balaban J connectivity index is 1.76. The van der Waals surface area contributed by atoms with Gasteiger partial charge in [-0.05, 0) is 40.3 Å². The largest absolute Gasteiger partial charge is 0.478 e. The van der Waals surface area contributed by atoms with Gasteiger partial charge in [0.05, 0.1) is 5.56 Å². The lowest BCUT2D eigenvalue weighted by Crippen LogP contribution is -2.14. The molecule has 1 N–H and O–H groups in total. The van der Waals surface area contributed by atoms with Crippen LogP contribution in [-0.2, 0) is 13.5 Å². The van der Waals surface area contributed by atoms with Crippen LogP contribution in [0.2, 0.25) is 0 Å². The fourth-order valence-corrected chi connectivity index (χ4v) is 4.44. The first kappa shape index (κ1) is 17.2. The Morgan fingerprint density at radius 1 is 1.07 bits per heavy atom. The molecule has 4 rings (SSSR count). The van der Waals surface area contributed by atoms with Crippen molar-refractivity contribution in [1.29, 1.82) is 0 Å². The SMILES string of the molecule is Cn1cc(Cc2cc3cccc(-c4cccc(C(=O)O)c4)c3s2)ccc1=O. The third kappa shape index (κ3) is 3.41. The molecule has 0 aliphatic rings. The van der Waals surface area contributed by atoms with Gasteiger partial charge >= 0.3 is 5.97 Å². The number of fused-ring (bicyclic) bond motifs is 1. The molecule has 134 valence electrons. The molecule has 2 heterocycles. The molecule has 0 saturated carbocycles. The Morgan fingerprint density at radius 3 is 2.67 bits per heavy atom. The Hall–Kier alpha value is -3.18. The summed E-state index contributed by atoms with van der Waals surface area (Å²) in [6.07, 6.45) is 2.62. The van der Waals surface area contributed by atoms with Crippen molar-refractivity contribution in [3.63, 3.8) is 0 Å². The normalized spacial score (nSPS) is 11.0. The maximum Gasteiger partial charge on any atom is 0.335 e. The number of pyridine rings is 1. The minimum Gasteiger partial charge on any atom is -0.478 e. The van der Waals surface area contributed by atoms with E-state index in [-0.39, 0.29) is 11.1 Å². The summed E-state index contributed by atoms with van der Waals surface area (Å²) in [6.45, 7) is 0. The number of carboxylic acids is 1. The molecule has 0 unspecified atom stereocenters. The van der Waals surface area contributed by atoms with E-state index in [0.29, 0.717) is 0 Å². The van der Waals surface area contributed by atoms with Gasteiger partial charge in [0.25, 0.3) is 0 Å². The van der Waals surface area contributed by atoms with Gasteiger partial charge in [-0.2, -0.15) is 0 Å². The van der Waals surface area contributed by atoms with E-state index in [4.69, 9.17) is 0 Å². The van der Waals surface area contributed by atoms with Crippen LogP contribution in [0.1, 0.15) is 20.8 Å². The molecule has 0 atom stereocenters. The maximum atomic E-state index is 11.6. The highest BCUT2D eigenvalue weighted by Gasteiger charge is 2.11. The summed E-state index contributed by atoms with van der Waals surface area (Å²) in [5, 5.41) is 10.4. The fourth-order valence-electron chi connectivity index (χ4n) is 3.21. The molecular weight excluding hydrogens is 358 g/mol. The lowest BCUT2D eigenvalue weighted by Gasteiger charge is -2.04. The predicted octanol–water partition coefficient (Wildman–Crippen LogP) is 4.56. The number of aromatic carboxylic acids is 1. The second-order valence-corrected chi connectivity index (χ2v) is 7.62. The van der Waals surface area contributed by atoms with Crippen LogP contribution in [0.5, 0.6) is 0 Å². The van der Waals surface area contributed by atoms with E-state index in [1.807, 2.05) is 30.5 Å². The summed E-state index contributed by atoms with van der Waals surface area (Å²) >= 11 is 1.70. The van der Waals surface area contributed by atoms with Crippen LogP contribution < -0.4 is 5.56 Å². The highest BCUT2D eigenvalue weighted by Crippen LogP contribution is 2.36. The number of hydrogen-bond acceptors (Lipinski definition) is 3. The van der Waals surface area contributed by atoms with Gasteiger partial charge in [-0.25, -0.2) is 4.79 Å². The van der Waals surface area contributed by atoms with Crippen LogP contribution in [0.4, 0.5) is 0 Å². The van der Waals surface area contributed by atoms with E-state index in [1.54, 1.807) is 47.2 Å².